The number of fused-ring (bicyclic) bond motifs is 1. The lowest BCUT2D eigenvalue weighted by Crippen LogP contribution is -2.08. The zero-order valence-electron chi connectivity index (χ0n) is 19.9. The lowest BCUT2D eigenvalue weighted by atomic mass is 10.1. The molecule has 4 aromatic rings. The van der Waals surface area contributed by atoms with E-state index in [2.05, 4.69) is 5.32 Å². The van der Waals surface area contributed by atoms with Crippen molar-refractivity contribution in [3.8, 4) is 22.9 Å². The summed E-state index contributed by atoms with van der Waals surface area (Å²) in [5.74, 6) is 4.11. The fourth-order valence-corrected chi connectivity index (χ4v) is 4.94. The van der Waals surface area contributed by atoms with Crippen molar-refractivity contribution in [1.29, 1.82) is 0 Å². The lowest BCUT2D eigenvalue weighted by Gasteiger charge is -2.14. The fraction of sp³-hybridized carbons (Fsp3) is 0.346. The van der Waals surface area contributed by atoms with Gasteiger partial charge in [-0.25, -0.2) is 14.5 Å². The van der Waals surface area contributed by atoms with Gasteiger partial charge in [-0.05, 0) is 56.5 Å². The van der Waals surface area contributed by atoms with E-state index in [9.17, 15) is 0 Å². The topological polar surface area (TPSA) is 73.6 Å². The van der Waals surface area contributed by atoms with Gasteiger partial charge in [-0.15, -0.1) is 5.10 Å². The summed E-state index contributed by atoms with van der Waals surface area (Å²) in [5, 5.41) is 8.94. The Labute approximate surface area is 204 Å². The Morgan fingerprint density at radius 2 is 1.74 bits per heavy atom. The second-order valence-corrected chi connectivity index (χ2v) is 9.15. The van der Waals surface area contributed by atoms with Crippen LogP contribution < -0.4 is 14.8 Å². The van der Waals surface area contributed by atoms with Crippen LogP contribution in [0.25, 0.3) is 16.9 Å². The summed E-state index contributed by atoms with van der Waals surface area (Å²) < 4.78 is 12.8. The van der Waals surface area contributed by atoms with Crippen LogP contribution in [0.15, 0.2) is 36.4 Å². The first kappa shape index (κ1) is 22.5. The zero-order chi connectivity index (χ0) is 23.8. The van der Waals surface area contributed by atoms with E-state index in [1.54, 1.807) is 14.2 Å². The van der Waals surface area contributed by atoms with Crippen molar-refractivity contribution in [3.63, 3.8) is 0 Å². The number of methoxy groups -OCH3 is 2. The highest BCUT2D eigenvalue weighted by atomic mass is 35.5. The highest BCUT2D eigenvalue weighted by molar-refractivity contribution is 6.32. The van der Waals surface area contributed by atoms with Crippen molar-refractivity contribution in [1.82, 2.24) is 19.6 Å². The summed E-state index contributed by atoms with van der Waals surface area (Å²) in [6.45, 7) is 4.03. The highest BCUT2D eigenvalue weighted by Crippen LogP contribution is 2.37. The minimum Gasteiger partial charge on any atom is -0.496 e. The van der Waals surface area contributed by atoms with Gasteiger partial charge < -0.3 is 14.8 Å². The Morgan fingerprint density at radius 3 is 2.44 bits per heavy atom. The van der Waals surface area contributed by atoms with Crippen molar-refractivity contribution < 1.29 is 9.47 Å². The number of nitrogens with zero attached hydrogens (tertiary/aromatic N) is 4. The van der Waals surface area contributed by atoms with E-state index in [4.69, 9.17) is 36.1 Å². The predicted octanol–water partition coefficient (Wildman–Crippen LogP) is 6.48. The maximum atomic E-state index is 6.38. The molecule has 0 aliphatic heterocycles. The van der Waals surface area contributed by atoms with Crippen LogP contribution in [0.2, 0.25) is 5.02 Å². The van der Waals surface area contributed by atoms with Gasteiger partial charge in [-0.1, -0.05) is 36.6 Å². The fourth-order valence-electron chi connectivity index (χ4n) is 4.69. The minimum atomic E-state index is 0.403. The first-order valence-electron chi connectivity index (χ1n) is 11.5. The molecule has 1 fully saturated rings. The highest BCUT2D eigenvalue weighted by Gasteiger charge is 2.26. The Bertz CT molecular complexity index is 1360. The molecular weight excluding hydrogens is 450 g/mol. The van der Waals surface area contributed by atoms with Crippen LogP contribution in [0.5, 0.6) is 11.5 Å². The number of rotatable bonds is 6. The molecule has 0 spiro atoms. The third-order valence-electron chi connectivity index (χ3n) is 6.49. The van der Waals surface area contributed by atoms with Gasteiger partial charge in [-0.2, -0.15) is 0 Å². The second kappa shape index (κ2) is 9.14. The molecule has 34 heavy (non-hydrogen) atoms. The Hall–Kier alpha value is -3.32. The number of hydrogen-bond acceptors (Lipinski definition) is 6. The van der Waals surface area contributed by atoms with Crippen molar-refractivity contribution in [2.45, 2.75) is 45.4 Å². The van der Waals surface area contributed by atoms with Crippen LogP contribution in [-0.4, -0.2) is 33.8 Å². The quantitative estimate of drug-likeness (QED) is 0.342. The van der Waals surface area contributed by atoms with E-state index < -0.39 is 0 Å². The molecule has 8 heteroatoms. The number of aryl methyl sites for hydroxylation is 2. The van der Waals surface area contributed by atoms with Gasteiger partial charge in [0.15, 0.2) is 11.6 Å². The molecule has 1 N–H and O–H groups in total. The Morgan fingerprint density at radius 1 is 0.971 bits per heavy atom. The Kier molecular flexibility index (Phi) is 6.04. The third kappa shape index (κ3) is 4.05. The van der Waals surface area contributed by atoms with Gasteiger partial charge in [0.25, 0.3) is 0 Å². The van der Waals surface area contributed by atoms with Crippen LogP contribution in [0.4, 0.5) is 11.5 Å². The molecule has 1 aliphatic rings. The van der Waals surface area contributed by atoms with Crippen LogP contribution in [0.1, 0.15) is 48.7 Å². The first-order chi connectivity index (χ1) is 16.5. The van der Waals surface area contributed by atoms with E-state index in [-0.39, 0.29) is 0 Å². The molecule has 0 unspecified atom stereocenters. The number of anilines is 2. The number of imidazole rings is 1. The molecule has 0 atom stereocenters. The van der Waals surface area contributed by atoms with Gasteiger partial charge in [0.1, 0.15) is 22.8 Å². The normalized spacial score (nSPS) is 14.0. The molecular formula is C26H28ClN5O2. The van der Waals surface area contributed by atoms with E-state index in [1.807, 2.05) is 54.8 Å². The standard InChI is InChI=1S/C26H28ClN5O2/c1-15-9-10-18(13-22(15)34-4)24-30-25(29-19-11-12-21(33-3)20(27)14-19)23-16(2)28-26(32(23)31-24)17-7-5-6-8-17/h9-14,17H,5-8H2,1-4H3,(H,29,30,31). The van der Waals surface area contributed by atoms with Gasteiger partial charge in [0.05, 0.1) is 24.9 Å². The van der Waals surface area contributed by atoms with Gasteiger partial charge in [0, 0.05) is 17.2 Å². The van der Waals surface area contributed by atoms with E-state index in [1.165, 1.54) is 12.8 Å². The first-order valence-corrected chi connectivity index (χ1v) is 11.9. The summed E-state index contributed by atoms with van der Waals surface area (Å²) in [4.78, 5) is 9.88. The number of halogens is 1. The zero-order valence-corrected chi connectivity index (χ0v) is 20.6. The predicted molar refractivity (Wildman–Crippen MR) is 135 cm³/mol. The van der Waals surface area contributed by atoms with Crippen molar-refractivity contribution >= 4 is 28.6 Å². The number of hydrogen-bond donors (Lipinski definition) is 1. The van der Waals surface area contributed by atoms with Crippen LogP contribution >= 0.6 is 11.6 Å². The van der Waals surface area contributed by atoms with E-state index >= 15 is 0 Å². The maximum absolute atomic E-state index is 6.38. The third-order valence-corrected chi connectivity index (χ3v) is 6.79. The average Bonchev–Trinajstić information content (AvgIpc) is 3.48. The molecule has 0 bridgehead atoms. The summed E-state index contributed by atoms with van der Waals surface area (Å²) >= 11 is 6.38. The number of aromatic nitrogens is 4. The van der Waals surface area contributed by atoms with Gasteiger partial charge >= 0.3 is 0 Å². The summed E-state index contributed by atoms with van der Waals surface area (Å²) in [5.41, 5.74) is 4.52. The molecule has 0 radical (unpaired) electrons. The average molecular weight is 478 g/mol. The summed E-state index contributed by atoms with van der Waals surface area (Å²) in [7, 11) is 3.28. The van der Waals surface area contributed by atoms with Crippen molar-refractivity contribution in [2.75, 3.05) is 19.5 Å². The van der Waals surface area contributed by atoms with E-state index in [0.717, 1.165) is 52.4 Å². The molecule has 7 nitrogen and oxygen atoms in total. The molecule has 0 saturated heterocycles. The van der Waals surface area contributed by atoms with Crippen molar-refractivity contribution in [2.24, 2.45) is 0 Å². The monoisotopic (exact) mass is 477 g/mol. The summed E-state index contributed by atoms with van der Waals surface area (Å²) in [6.07, 6.45) is 4.71. The van der Waals surface area contributed by atoms with Crippen LogP contribution in [0, 0.1) is 13.8 Å². The number of ether oxygens (including phenoxy) is 2. The molecule has 0 amide bonds. The lowest BCUT2D eigenvalue weighted by molar-refractivity contribution is 0.412. The van der Waals surface area contributed by atoms with E-state index in [0.29, 0.717) is 28.3 Å². The number of benzene rings is 2. The molecule has 2 aromatic carbocycles. The van der Waals surface area contributed by atoms with Crippen molar-refractivity contribution in [3.05, 3.63) is 58.5 Å². The maximum Gasteiger partial charge on any atom is 0.182 e. The molecule has 1 aliphatic carbocycles. The van der Waals surface area contributed by atoms with Gasteiger partial charge in [0.2, 0.25) is 0 Å². The summed E-state index contributed by atoms with van der Waals surface area (Å²) in [6, 6.07) is 11.6. The molecule has 2 heterocycles. The molecule has 2 aromatic heterocycles. The van der Waals surface area contributed by atoms with Crippen LogP contribution in [-0.2, 0) is 0 Å². The largest absolute Gasteiger partial charge is 0.496 e. The SMILES string of the molecule is COc1cc(-c2nc(Nc3ccc(OC)c(Cl)c3)c3c(C)nc(C4CCCC4)n3n2)ccc1C. The Balaban J connectivity index is 1.68. The second-order valence-electron chi connectivity index (χ2n) is 8.74. The number of nitrogens with one attached hydrogen (secondary N) is 1. The minimum absolute atomic E-state index is 0.403. The molecule has 1 saturated carbocycles. The van der Waals surface area contributed by atoms with Gasteiger partial charge in [-0.3, -0.25) is 0 Å². The van der Waals surface area contributed by atoms with Crippen LogP contribution in [0.3, 0.4) is 0 Å². The molecule has 176 valence electrons. The smallest absolute Gasteiger partial charge is 0.182 e. The molecule has 5 rings (SSSR count).